The largest absolute Gasteiger partial charge is 0.316 e. The zero-order valence-corrected chi connectivity index (χ0v) is 25.6. The van der Waals surface area contributed by atoms with E-state index < -0.39 is 0 Å². The van der Waals surface area contributed by atoms with Crippen LogP contribution in [-0.4, -0.2) is 16.3 Å². The number of hydrogen-bond acceptors (Lipinski definition) is 2. The van der Waals surface area contributed by atoms with Gasteiger partial charge in [0.1, 0.15) is 11.7 Å². The summed E-state index contributed by atoms with van der Waals surface area (Å²) in [4.78, 5) is 2.61. The molecule has 3 aliphatic rings. The van der Waals surface area contributed by atoms with Gasteiger partial charge in [0.25, 0.3) is 0 Å². The van der Waals surface area contributed by atoms with E-state index in [0.717, 1.165) is 0 Å². The Balaban J connectivity index is 1.19. The van der Waals surface area contributed by atoms with Crippen molar-refractivity contribution in [3.05, 3.63) is 157 Å². The Kier molecular flexibility index (Phi) is 4.78. The van der Waals surface area contributed by atoms with Crippen LogP contribution in [0.3, 0.4) is 0 Å². The molecule has 4 heteroatoms. The summed E-state index contributed by atoms with van der Waals surface area (Å²) in [6, 6.07) is 49.0. The van der Waals surface area contributed by atoms with Crippen molar-refractivity contribution < 1.29 is 0 Å². The fourth-order valence-electron chi connectivity index (χ4n) is 8.17. The average molecular weight is 605 g/mol. The molecule has 11 rings (SSSR count). The van der Waals surface area contributed by atoms with Crippen molar-refractivity contribution in [1.82, 2.24) is 9.14 Å². The van der Waals surface area contributed by atoms with Crippen LogP contribution in [0.1, 0.15) is 5.56 Å². The minimum atomic E-state index is 0.104. The van der Waals surface area contributed by atoms with Gasteiger partial charge in [0, 0.05) is 61.8 Å². The predicted octanol–water partition coefficient (Wildman–Crippen LogP) is 10.9. The van der Waals surface area contributed by atoms with Gasteiger partial charge in [0.05, 0.1) is 21.4 Å². The average Bonchev–Trinajstić information content (AvgIpc) is 3.77. The molecule has 214 valence electrons. The molecule has 0 saturated carbocycles. The fraction of sp³-hybridized carbons (Fsp3) is 0.0238. The van der Waals surface area contributed by atoms with E-state index in [1.807, 2.05) is 11.3 Å². The molecule has 0 bridgehead atoms. The molecule has 3 nitrogen and oxygen atoms in total. The Morgan fingerprint density at radius 1 is 0.630 bits per heavy atom. The van der Waals surface area contributed by atoms with Gasteiger partial charge in [-0.15, -0.1) is 11.3 Å². The van der Waals surface area contributed by atoms with Gasteiger partial charge in [-0.25, -0.2) is 0 Å². The molecule has 1 unspecified atom stereocenters. The molecule has 0 fully saturated rings. The Bertz CT molecular complexity index is 2700. The minimum Gasteiger partial charge on any atom is -0.316 e. The lowest BCUT2D eigenvalue weighted by Crippen LogP contribution is -2.43. The Hall–Kier alpha value is -5.71. The summed E-state index contributed by atoms with van der Waals surface area (Å²) in [6.45, 7) is 0. The summed E-state index contributed by atoms with van der Waals surface area (Å²) in [5, 5.41) is 5.20. The summed E-state index contributed by atoms with van der Waals surface area (Å²) in [7, 11) is 0. The number of hydrogen-bond donors (Lipinski definition) is 0. The zero-order valence-electron chi connectivity index (χ0n) is 24.8. The zero-order chi connectivity index (χ0) is 29.9. The maximum Gasteiger partial charge on any atom is 0.235 e. The lowest BCUT2D eigenvalue weighted by atomic mass is 9.92. The molecule has 8 aromatic rings. The summed E-state index contributed by atoms with van der Waals surface area (Å²) in [6.07, 6.45) is 6.89. The third kappa shape index (κ3) is 3.09. The number of allylic oxidation sites excluding steroid dienone is 2. The molecule has 2 aliphatic heterocycles. The van der Waals surface area contributed by atoms with Gasteiger partial charge >= 0.3 is 0 Å². The summed E-state index contributed by atoms with van der Waals surface area (Å²) in [5.74, 6) is 0. The van der Waals surface area contributed by atoms with E-state index in [-0.39, 0.29) is 6.04 Å². The predicted molar refractivity (Wildman–Crippen MR) is 196 cm³/mol. The van der Waals surface area contributed by atoms with Gasteiger partial charge in [0.15, 0.2) is 0 Å². The Morgan fingerprint density at radius 2 is 1.41 bits per heavy atom. The number of benzene rings is 6. The smallest absolute Gasteiger partial charge is 0.235 e. The lowest BCUT2D eigenvalue weighted by molar-refractivity contribution is 0.934. The van der Waals surface area contributed by atoms with Crippen molar-refractivity contribution in [3.8, 4) is 5.69 Å². The van der Waals surface area contributed by atoms with Crippen molar-refractivity contribution in [2.45, 2.75) is 6.04 Å². The number of anilines is 2. The van der Waals surface area contributed by atoms with Crippen LogP contribution in [0.4, 0.5) is 22.7 Å². The standard InChI is InChI=1S/C42H26N3S/c1-2-11-26(12-3-1)43-34-16-6-4-13-28(34)33-25-27(21-24-35(33)43)44-36-17-7-8-18-37(36)45-40-30(15-10-19-38(40)44)31-22-23-32-29-14-5-9-20-39(29)46-42(32)41(31)45/h1-25,40H/q+1. The molecule has 0 N–H and O–H groups in total. The Morgan fingerprint density at radius 3 is 2.35 bits per heavy atom. The van der Waals surface area contributed by atoms with Gasteiger partial charge in [-0.2, -0.15) is 4.58 Å². The first-order valence-electron chi connectivity index (χ1n) is 15.8. The molecule has 0 radical (unpaired) electrons. The van der Waals surface area contributed by atoms with Crippen LogP contribution >= 0.6 is 11.3 Å². The van der Waals surface area contributed by atoms with E-state index >= 15 is 0 Å². The van der Waals surface area contributed by atoms with Crippen LogP contribution in [0.15, 0.2) is 152 Å². The Labute approximate surface area is 269 Å². The second-order valence-electron chi connectivity index (χ2n) is 12.3. The van der Waals surface area contributed by atoms with Crippen LogP contribution in [0, 0.1) is 0 Å². The van der Waals surface area contributed by atoms with Crippen molar-refractivity contribution in [3.63, 3.8) is 0 Å². The lowest BCUT2D eigenvalue weighted by Gasteiger charge is -2.32. The second kappa shape index (κ2) is 8.94. The molecule has 1 aliphatic carbocycles. The quantitative estimate of drug-likeness (QED) is 0.179. The maximum atomic E-state index is 2.61. The molecular weight excluding hydrogens is 579 g/mol. The third-order valence-electron chi connectivity index (χ3n) is 10.0. The highest BCUT2D eigenvalue weighted by molar-refractivity contribution is 7.26. The summed E-state index contributed by atoms with van der Waals surface area (Å²) in [5.41, 5.74) is 12.6. The van der Waals surface area contributed by atoms with E-state index in [1.165, 1.54) is 87.3 Å². The van der Waals surface area contributed by atoms with Crippen molar-refractivity contribution in [2.24, 2.45) is 0 Å². The number of nitrogens with zero attached hydrogens (tertiary/aromatic N) is 3. The monoisotopic (exact) mass is 604 g/mol. The molecule has 0 spiro atoms. The molecule has 6 aromatic carbocycles. The molecule has 0 amide bonds. The number of rotatable bonds is 2. The molecule has 2 aromatic heterocycles. The van der Waals surface area contributed by atoms with Crippen LogP contribution in [0.5, 0.6) is 0 Å². The molecule has 1 atom stereocenters. The van der Waals surface area contributed by atoms with E-state index in [0.29, 0.717) is 0 Å². The van der Waals surface area contributed by atoms with Crippen molar-refractivity contribution >= 4 is 87.3 Å². The van der Waals surface area contributed by atoms with E-state index in [9.17, 15) is 0 Å². The summed E-state index contributed by atoms with van der Waals surface area (Å²) >= 11 is 1.92. The summed E-state index contributed by atoms with van der Waals surface area (Å²) < 4.78 is 7.60. The topological polar surface area (TPSA) is 11.2 Å². The van der Waals surface area contributed by atoms with Gasteiger partial charge < -0.3 is 9.47 Å². The highest BCUT2D eigenvalue weighted by atomic mass is 32.1. The first kappa shape index (κ1) is 24.6. The van der Waals surface area contributed by atoms with Crippen molar-refractivity contribution in [2.75, 3.05) is 4.90 Å². The molecule has 0 saturated heterocycles. The number of para-hydroxylation sites is 4. The minimum absolute atomic E-state index is 0.104. The van der Waals surface area contributed by atoms with Gasteiger partial charge in [-0.3, -0.25) is 0 Å². The highest BCUT2D eigenvalue weighted by Crippen LogP contribution is 2.56. The van der Waals surface area contributed by atoms with Gasteiger partial charge in [0.2, 0.25) is 17.1 Å². The maximum absolute atomic E-state index is 2.61. The van der Waals surface area contributed by atoms with E-state index in [4.69, 9.17) is 0 Å². The molecular formula is C42H26N3S+. The van der Waals surface area contributed by atoms with E-state index in [1.54, 1.807) is 0 Å². The highest BCUT2D eigenvalue weighted by Gasteiger charge is 2.49. The molecule has 4 heterocycles. The SMILES string of the molecule is C1=CC2=[N+](c3ccc4c(c3)c3ccccc3n4-c3ccccc3)c3ccccc3N3c4c(ccc5c4sc4ccccc45)C(=C1)C23. The van der Waals surface area contributed by atoms with Gasteiger partial charge in [-0.05, 0) is 42.0 Å². The fourth-order valence-corrected chi connectivity index (χ4v) is 9.42. The number of aromatic nitrogens is 1. The van der Waals surface area contributed by atoms with Gasteiger partial charge in [-0.1, -0.05) is 91.0 Å². The normalized spacial score (nSPS) is 16.4. The number of thiophene rings is 1. The second-order valence-corrected chi connectivity index (χ2v) is 13.4. The third-order valence-corrected chi connectivity index (χ3v) is 11.2. The first-order valence-corrected chi connectivity index (χ1v) is 16.6. The van der Waals surface area contributed by atoms with Crippen LogP contribution in [-0.2, 0) is 0 Å². The van der Waals surface area contributed by atoms with E-state index in [2.05, 4.69) is 166 Å². The van der Waals surface area contributed by atoms with Crippen LogP contribution in [0.25, 0.3) is 53.2 Å². The van der Waals surface area contributed by atoms with Crippen molar-refractivity contribution in [1.29, 1.82) is 0 Å². The first-order chi connectivity index (χ1) is 22.8. The van der Waals surface area contributed by atoms with Crippen LogP contribution in [0.2, 0.25) is 0 Å². The van der Waals surface area contributed by atoms with Crippen LogP contribution < -0.4 is 9.48 Å². The molecule has 46 heavy (non-hydrogen) atoms. The number of fused-ring (bicyclic) bond motifs is 12.